The zero-order chi connectivity index (χ0) is 13.1. The molecule has 0 saturated carbocycles. The van der Waals surface area contributed by atoms with Crippen molar-refractivity contribution in [2.24, 2.45) is 0 Å². The van der Waals surface area contributed by atoms with E-state index in [-0.39, 0.29) is 5.82 Å². The molecule has 1 aliphatic heterocycles. The summed E-state index contributed by atoms with van der Waals surface area (Å²) in [6.07, 6.45) is 2.47. The van der Waals surface area contributed by atoms with E-state index in [0.29, 0.717) is 5.25 Å². The summed E-state index contributed by atoms with van der Waals surface area (Å²) in [5, 5.41) is 1.51. The van der Waals surface area contributed by atoms with Gasteiger partial charge in [-0.25, -0.2) is 4.39 Å². The third-order valence-corrected chi connectivity index (χ3v) is 4.81. The Morgan fingerprint density at radius 1 is 1.28 bits per heavy atom. The predicted octanol–water partition coefficient (Wildman–Crippen LogP) is 4.24. The lowest BCUT2D eigenvalue weighted by Crippen LogP contribution is -2.35. The molecular weight excluding hydrogens is 245 g/mol. The fourth-order valence-electron chi connectivity index (χ4n) is 2.59. The molecule has 1 aromatic carbocycles. The summed E-state index contributed by atoms with van der Waals surface area (Å²) >= 11 is 2.09. The van der Waals surface area contributed by atoms with Gasteiger partial charge in [0.25, 0.3) is 0 Å². The molecule has 3 heteroatoms. The second-order valence-corrected chi connectivity index (χ2v) is 7.18. The molecule has 18 heavy (non-hydrogen) atoms. The summed E-state index contributed by atoms with van der Waals surface area (Å²) < 4.78 is 13.1. The van der Waals surface area contributed by atoms with E-state index < -0.39 is 0 Å². The van der Waals surface area contributed by atoms with Crippen LogP contribution in [-0.2, 0) is 0 Å². The van der Waals surface area contributed by atoms with Crippen molar-refractivity contribution >= 4 is 17.4 Å². The molecular formula is C15H22FNS. The SMILES string of the molecule is Cc1cc(F)ccc1N1CCC(SC(C)C)CC1. The third kappa shape index (κ3) is 3.41. The van der Waals surface area contributed by atoms with Gasteiger partial charge in [0.1, 0.15) is 5.82 Å². The molecule has 0 aromatic heterocycles. The van der Waals surface area contributed by atoms with E-state index in [2.05, 4.69) is 30.5 Å². The topological polar surface area (TPSA) is 3.24 Å². The Bertz CT molecular complexity index is 397. The molecule has 1 saturated heterocycles. The maximum absolute atomic E-state index is 13.1. The molecule has 0 amide bonds. The lowest BCUT2D eigenvalue weighted by molar-refractivity contribution is 0.586. The maximum atomic E-state index is 13.1. The van der Waals surface area contributed by atoms with Crippen LogP contribution >= 0.6 is 11.8 Å². The van der Waals surface area contributed by atoms with Gasteiger partial charge in [-0.15, -0.1) is 0 Å². The molecule has 0 N–H and O–H groups in total. The number of piperidine rings is 1. The number of nitrogens with zero attached hydrogens (tertiary/aromatic N) is 1. The van der Waals surface area contributed by atoms with Crippen molar-refractivity contribution in [2.45, 2.75) is 44.1 Å². The zero-order valence-corrected chi connectivity index (χ0v) is 12.3. The molecule has 0 bridgehead atoms. The zero-order valence-electron chi connectivity index (χ0n) is 11.4. The van der Waals surface area contributed by atoms with Crippen molar-refractivity contribution in [1.82, 2.24) is 0 Å². The van der Waals surface area contributed by atoms with Crippen LogP contribution in [0.5, 0.6) is 0 Å². The highest BCUT2D eigenvalue weighted by molar-refractivity contribution is 8.00. The summed E-state index contributed by atoms with van der Waals surface area (Å²) in [5.74, 6) is -0.138. The van der Waals surface area contributed by atoms with Crippen LogP contribution in [0.25, 0.3) is 0 Å². The Morgan fingerprint density at radius 2 is 1.94 bits per heavy atom. The minimum absolute atomic E-state index is 0.138. The molecule has 1 fully saturated rings. The number of hydrogen-bond donors (Lipinski definition) is 0. The van der Waals surface area contributed by atoms with Gasteiger partial charge >= 0.3 is 0 Å². The maximum Gasteiger partial charge on any atom is 0.123 e. The molecule has 1 nitrogen and oxygen atoms in total. The van der Waals surface area contributed by atoms with Gasteiger partial charge in [-0.05, 0) is 48.8 Å². The lowest BCUT2D eigenvalue weighted by Gasteiger charge is -2.34. The van der Waals surface area contributed by atoms with Gasteiger partial charge in [-0.1, -0.05) is 13.8 Å². The summed E-state index contributed by atoms with van der Waals surface area (Å²) in [5.41, 5.74) is 2.24. The van der Waals surface area contributed by atoms with Gasteiger partial charge in [0, 0.05) is 24.0 Å². The van der Waals surface area contributed by atoms with Crippen molar-refractivity contribution in [2.75, 3.05) is 18.0 Å². The van der Waals surface area contributed by atoms with E-state index in [1.807, 2.05) is 13.0 Å². The molecule has 0 atom stereocenters. The van der Waals surface area contributed by atoms with Crippen molar-refractivity contribution in [3.63, 3.8) is 0 Å². The van der Waals surface area contributed by atoms with E-state index in [9.17, 15) is 4.39 Å². The first kappa shape index (κ1) is 13.7. The van der Waals surface area contributed by atoms with Gasteiger partial charge in [0.05, 0.1) is 0 Å². The first-order valence-electron chi connectivity index (χ1n) is 6.73. The van der Waals surface area contributed by atoms with Crippen LogP contribution in [0.4, 0.5) is 10.1 Å². The van der Waals surface area contributed by atoms with Crippen LogP contribution in [0.1, 0.15) is 32.3 Å². The molecule has 0 spiro atoms. The van der Waals surface area contributed by atoms with E-state index in [0.717, 1.165) is 23.9 Å². The number of rotatable bonds is 3. The quantitative estimate of drug-likeness (QED) is 0.805. The van der Waals surface area contributed by atoms with E-state index >= 15 is 0 Å². The summed E-state index contributed by atoms with van der Waals surface area (Å²) in [7, 11) is 0. The van der Waals surface area contributed by atoms with Crippen LogP contribution in [0, 0.1) is 12.7 Å². The van der Waals surface area contributed by atoms with Crippen molar-refractivity contribution < 1.29 is 4.39 Å². The molecule has 100 valence electrons. The minimum Gasteiger partial charge on any atom is -0.371 e. The average Bonchev–Trinajstić information content (AvgIpc) is 2.30. The number of hydrogen-bond acceptors (Lipinski definition) is 2. The normalized spacial score (nSPS) is 17.5. The fraction of sp³-hybridized carbons (Fsp3) is 0.600. The summed E-state index contributed by atoms with van der Waals surface area (Å²) in [6, 6.07) is 5.11. The largest absolute Gasteiger partial charge is 0.371 e. The number of aryl methyl sites for hydroxylation is 1. The lowest BCUT2D eigenvalue weighted by atomic mass is 10.1. The van der Waals surface area contributed by atoms with E-state index in [4.69, 9.17) is 0 Å². The minimum atomic E-state index is -0.138. The van der Waals surface area contributed by atoms with Gasteiger partial charge < -0.3 is 4.90 Å². The highest BCUT2D eigenvalue weighted by Gasteiger charge is 2.21. The predicted molar refractivity (Wildman–Crippen MR) is 79.1 cm³/mol. The Hall–Kier alpha value is -0.700. The standard InChI is InChI=1S/C15H22FNS/c1-11(2)18-14-6-8-17(9-7-14)15-5-4-13(16)10-12(15)3/h4-5,10-11,14H,6-9H2,1-3H3. The third-order valence-electron chi connectivity index (χ3n) is 3.41. The summed E-state index contributed by atoms with van der Waals surface area (Å²) in [4.78, 5) is 2.40. The first-order valence-corrected chi connectivity index (χ1v) is 7.67. The van der Waals surface area contributed by atoms with Crippen LogP contribution in [0.2, 0.25) is 0 Å². The van der Waals surface area contributed by atoms with Gasteiger partial charge in [-0.3, -0.25) is 0 Å². The Balaban J connectivity index is 1.97. The fourth-order valence-corrected chi connectivity index (χ4v) is 3.84. The molecule has 1 aliphatic rings. The second kappa shape index (κ2) is 5.96. The van der Waals surface area contributed by atoms with Gasteiger partial charge in [0.15, 0.2) is 0 Å². The van der Waals surface area contributed by atoms with E-state index in [1.165, 1.54) is 18.5 Å². The molecule has 1 heterocycles. The molecule has 0 radical (unpaired) electrons. The molecule has 0 aliphatic carbocycles. The van der Waals surface area contributed by atoms with Crippen molar-refractivity contribution in [3.05, 3.63) is 29.6 Å². The highest BCUT2D eigenvalue weighted by Crippen LogP contribution is 2.30. The monoisotopic (exact) mass is 267 g/mol. The molecule has 1 aromatic rings. The van der Waals surface area contributed by atoms with Crippen LogP contribution in [0.3, 0.4) is 0 Å². The Labute approximate surface area is 114 Å². The van der Waals surface area contributed by atoms with E-state index in [1.54, 1.807) is 12.1 Å². The number of halogens is 1. The van der Waals surface area contributed by atoms with Gasteiger partial charge in [0.2, 0.25) is 0 Å². The number of thioether (sulfide) groups is 1. The number of anilines is 1. The summed E-state index contributed by atoms with van der Waals surface area (Å²) in [6.45, 7) is 8.71. The number of benzene rings is 1. The van der Waals surface area contributed by atoms with Crippen LogP contribution in [-0.4, -0.2) is 23.6 Å². The average molecular weight is 267 g/mol. The van der Waals surface area contributed by atoms with Gasteiger partial charge in [-0.2, -0.15) is 11.8 Å². The Morgan fingerprint density at radius 3 is 2.50 bits per heavy atom. The second-order valence-electron chi connectivity index (χ2n) is 5.30. The highest BCUT2D eigenvalue weighted by atomic mass is 32.2. The smallest absolute Gasteiger partial charge is 0.123 e. The Kier molecular flexibility index (Phi) is 4.55. The molecule has 0 unspecified atom stereocenters. The molecule has 2 rings (SSSR count). The van der Waals surface area contributed by atoms with Crippen molar-refractivity contribution in [1.29, 1.82) is 0 Å². The first-order chi connectivity index (χ1) is 8.56. The van der Waals surface area contributed by atoms with Crippen LogP contribution in [0.15, 0.2) is 18.2 Å². The van der Waals surface area contributed by atoms with Crippen LogP contribution < -0.4 is 4.90 Å². The van der Waals surface area contributed by atoms with Crippen molar-refractivity contribution in [3.8, 4) is 0 Å².